The number of benzene rings is 1. The molecule has 0 N–H and O–H groups in total. The molecule has 1 saturated heterocycles. The molecule has 0 aromatic heterocycles. The standard InChI is InChI=1S/C17H20BrN3O/c1-13-3-2-8-21(10-13)16(22)9-17(11-19-12-20-17)14-4-6-15(18)7-5-14/h4-7,11-13H,2-3,8-10H2,1H3. The van der Waals surface area contributed by atoms with Crippen molar-refractivity contribution in [2.45, 2.75) is 31.7 Å². The van der Waals surface area contributed by atoms with Gasteiger partial charge in [-0.2, -0.15) is 0 Å². The van der Waals surface area contributed by atoms with E-state index in [4.69, 9.17) is 0 Å². The molecule has 2 aliphatic rings. The SMILES string of the molecule is CC1CCCN(C(=O)CC2(c3ccc(Br)cc3)C=NC=N2)C1. The fourth-order valence-electron chi connectivity index (χ4n) is 3.17. The summed E-state index contributed by atoms with van der Waals surface area (Å²) in [6, 6.07) is 7.97. The first-order valence-corrected chi connectivity index (χ1v) is 8.50. The Labute approximate surface area is 139 Å². The molecule has 3 rings (SSSR count). The van der Waals surface area contributed by atoms with Crippen molar-refractivity contribution in [1.82, 2.24) is 4.90 Å². The zero-order valence-electron chi connectivity index (χ0n) is 12.7. The van der Waals surface area contributed by atoms with Crippen molar-refractivity contribution in [2.24, 2.45) is 15.9 Å². The first kappa shape index (κ1) is 15.4. The number of nitrogens with zero attached hydrogens (tertiary/aromatic N) is 3. The van der Waals surface area contributed by atoms with Gasteiger partial charge in [-0.05, 0) is 36.5 Å². The minimum Gasteiger partial charge on any atom is -0.342 e. The van der Waals surface area contributed by atoms with Crippen molar-refractivity contribution in [3.05, 3.63) is 34.3 Å². The predicted octanol–water partition coefficient (Wildman–Crippen LogP) is 3.41. The van der Waals surface area contributed by atoms with Gasteiger partial charge in [0.2, 0.25) is 5.91 Å². The monoisotopic (exact) mass is 361 g/mol. The van der Waals surface area contributed by atoms with E-state index in [1.54, 1.807) is 12.6 Å². The molecule has 0 saturated carbocycles. The van der Waals surface area contributed by atoms with Gasteiger partial charge < -0.3 is 4.90 Å². The highest BCUT2D eigenvalue weighted by Crippen LogP contribution is 2.32. The summed E-state index contributed by atoms with van der Waals surface area (Å²) in [5.74, 6) is 0.752. The minimum absolute atomic E-state index is 0.167. The van der Waals surface area contributed by atoms with E-state index < -0.39 is 5.54 Å². The molecule has 0 bridgehead atoms. The molecule has 0 aliphatic carbocycles. The van der Waals surface area contributed by atoms with Crippen molar-refractivity contribution in [3.8, 4) is 0 Å². The quantitative estimate of drug-likeness (QED) is 0.813. The predicted molar refractivity (Wildman–Crippen MR) is 92.4 cm³/mol. The number of rotatable bonds is 3. The Morgan fingerprint density at radius 1 is 1.41 bits per heavy atom. The van der Waals surface area contributed by atoms with Gasteiger partial charge in [-0.25, -0.2) is 4.99 Å². The van der Waals surface area contributed by atoms with Crippen LogP contribution < -0.4 is 0 Å². The molecule has 1 amide bonds. The molecule has 1 aromatic rings. The summed E-state index contributed by atoms with van der Waals surface area (Å²) in [6.45, 7) is 3.93. The first-order valence-electron chi connectivity index (χ1n) is 7.71. The van der Waals surface area contributed by atoms with Crippen molar-refractivity contribution >= 4 is 34.4 Å². The second-order valence-electron chi connectivity index (χ2n) is 6.22. The second kappa shape index (κ2) is 6.32. The first-order chi connectivity index (χ1) is 10.6. The van der Waals surface area contributed by atoms with Gasteiger partial charge in [-0.1, -0.05) is 35.0 Å². The van der Waals surface area contributed by atoms with Gasteiger partial charge in [0.1, 0.15) is 11.9 Å². The molecule has 2 atom stereocenters. The van der Waals surface area contributed by atoms with Crippen LogP contribution in [0.1, 0.15) is 31.7 Å². The van der Waals surface area contributed by atoms with E-state index in [0.29, 0.717) is 12.3 Å². The van der Waals surface area contributed by atoms with Crippen LogP contribution in [-0.2, 0) is 10.3 Å². The minimum atomic E-state index is -0.640. The van der Waals surface area contributed by atoms with Crippen LogP contribution in [0.2, 0.25) is 0 Å². The molecule has 116 valence electrons. The number of likely N-dealkylation sites (tertiary alicyclic amines) is 1. The Balaban J connectivity index is 1.80. The van der Waals surface area contributed by atoms with Crippen LogP contribution in [-0.4, -0.2) is 36.4 Å². The van der Waals surface area contributed by atoms with E-state index in [2.05, 4.69) is 32.8 Å². The molecular formula is C17H20BrN3O. The topological polar surface area (TPSA) is 45.0 Å². The number of amides is 1. The van der Waals surface area contributed by atoms with Crippen LogP contribution in [0, 0.1) is 5.92 Å². The van der Waals surface area contributed by atoms with Crippen LogP contribution >= 0.6 is 15.9 Å². The highest BCUT2D eigenvalue weighted by molar-refractivity contribution is 9.10. The average Bonchev–Trinajstić information content (AvgIpc) is 2.97. The Kier molecular flexibility index (Phi) is 4.43. The lowest BCUT2D eigenvalue weighted by atomic mass is 9.87. The Morgan fingerprint density at radius 2 is 2.18 bits per heavy atom. The molecule has 2 unspecified atom stereocenters. The van der Waals surface area contributed by atoms with Crippen molar-refractivity contribution in [2.75, 3.05) is 13.1 Å². The zero-order chi connectivity index (χ0) is 15.6. The van der Waals surface area contributed by atoms with Gasteiger partial charge in [-0.15, -0.1) is 0 Å². The smallest absolute Gasteiger partial charge is 0.225 e. The van der Waals surface area contributed by atoms with Crippen molar-refractivity contribution in [1.29, 1.82) is 0 Å². The second-order valence-corrected chi connectivity index (χ2v) is 7.13. The highest BCUT2D eigenvalue weighted by atomic mass is 79.9. The number of hydrogen-bond acceptors (Lipinski definition) is 3. The fraction of sp³-hybridized carbons (Fsp3) is 0.471. The van der Waals surface area contributed by atoms with Gasteiger partial charge in [0.15, 0.2) is 0 Å². The highest BCUT2D eigenvalue weighted by Gasteiger charge is 2.36. The molecule has 2 heterocycles. The number of hydrogen-bond donors (Lipinski definition) is 0. The largest absolute Gasteiger partial charge is 0.342 e. The maximum absolute atomic E-state index is 12.7. The van der Waals surface area contributed by atoms with Gasteiger partial charge in [0, 0.05) is 23.8 Å². The summed E-state index contributed by atoms with van der Waals surface area (Å²) in [5, 5.41) is 0. The van der Waals surface area contributed by atoms with E-state index in [1.165, 1.54) is 6.42 Å². The molecule has 22 heavy (non-hydrogen) atoms. The number of carbonyl (C=O) groups is 1. The Bertz CT molecular complexity index is 597. The molecular weight excluding hydrogens is 342 g/mol. The molecule has 4 nitrogen and oxygen atoms in total. The summed E-state index contributed by atoms with van der Waals surface area (Å²) in [6.07, 6.45) is 5.99. The maximum atomic E-state index is 12.7. The summed E-state index contributed by atoms with van der Waals surface area (Å²) in [4.78, 5) is 23.4. The molecule has 0 radical (unpaired) electrons. The van der Waals surface area contributed by atoms with Gasteiger partial charge in [0.05, 0.1) is 6.42 Å². The molecule has 2 aliphatic heterocycles. The third-order valence-corrected chi connectivity index (χ3v) is 4.95. The number of halogens is 1. The van der Waals surface area contributed by atoms with Crippen LogP contribution in [0.25, 0.3) is 0 Å². The Hall–Kier alpha value is -1.49. The van der Waals surface area contributed by atoms with Crippen molar-refractivity contribution < 1.29 is 4.79 Å². The number of aliphatic imine (C=N–C) groups is 2. The van der Waals surface area contributed by atoms with E-state index in [-0.39, 0.29) is 5.91 Å². The molecule has 1 aromatic carbocycles. The van der Waals surface area contributed by atoms with Crippen LogP contribution in [0.5, 0.6) is 0 Å². The normalized spacial score (nSPS) is 27.4. The lowest BCUT2D eigenvalue weighted by molar-refractivity contribution is -0.133. The van der Waals surface area contributed by atoms with Gasteiger partial charge >= 0.3 is 0 Å². The zero-order valence-corrected chi connectivity index (χ0v) is 14.3. The summed E-state index contributed by atoms with van der Waals surface area (Å²) >= 11 is 3.44. The number of piperidine rings is 1. The van der Waals surface area contributed by atoms with Crippen LogP contribution in [0.3, 0.4) is 0 Å². The summed E-state index contributed by atoms with van der Waals surface area (Å²) in [7, 11) is 0. The average molecular weight is 362 g/mol. The lowest BCUT2D eigenvalue weighted by Crippen LogP contribution is -2.42. The molecule has 1 fully saturated rings. The molecule has 5 heteroatoms. The third-order valence-electron chi connectivity index (χ3n) is 4.42. The van der Waals surface area contributed by atoms with Gasteiger partial charge in [0.25, 0.3) is 0 Å². The summed E-state index contributed by atoms with van der Waals surface area (Å²) in [5.41, 5.74) is 0.366. The maximum Gasteiger partial charge on any atom is 0.225 e. The summed E-state index contributed by atoms with van der Waals surface area (Å²) < 4.78 is 1.02. The molecule has 0 spiro atoms. The van der Waals surface area contributed by atoms with E-state index in [9.17, 15) is 4.79 Å². The van der Waals surface area contributed by atoms with E-state index in [1.807, 2.05) is 29.2 Å². The number of carbonyl (C=O) groups excluding carboxylic acids is 1. The third kappa shape index (κ3) is 3.14. The fourth-order valence-corrected chi connectivity index (χ4v) is 3.43. The van der Waals surface area contributed by atoms with Crippen LogP contribution in [0.4, 0.5) is 0 Å². The van der Waals surface area contributed by atoms with E-state index in [0.717, 1.165) is 29.5 Å². The van der Waals surface area contributed by atoms with Crippen LogP contribution in [0.15, 0.2) is 38.7 Å². The van der Waals surface area contributed by atoms with E-state index >= 15 is 0 Å². The Morgan fingerprint density at radius 3 is 2.82 bits per heavy atom. The van der Waals surface area contributed by atoms with Crippen molar-refractivity contribution in [3.63, 3.8) is 0 Å². The van der Waals surface area contributed by atoms with Gasteiger partial charge in [-0.3, -0.25) is 9.79 Å². The lowest BCUT2D eigenvalue weighted by Gasteiger charge is -2.33.